The van der Waals surface area contributed by atoms with Gasteiger partial charge < -0.3 is 4.90 Å². The molecule has 6 heteroatoms. The van der Waals surface area contributed by atoms with Crippen molar-refractivity contribution in [2.75, 3.05) is 11.9 Å². The monoisotopic (exact) mass is 291 g/mol. The molecule has 0 fully saturated rings. The zero-order valence-electron chi connectivity index (χ0n) is 14.0. The van der Waals surface area contributed by atoms with Gasteiger partial charge in [0.15, 0.2) is 0 Å². The van der Waals surface area contributed by atoms with Crippen LogP contribution in [-0.2, 0) is 7.05 Å². The highest BCUT2D eigenvalue weighted by Crippen LogP contribution is 2.27. The SMILES string of the molecule is [2H][13C]([2H])([2H])N(c1ccc2c(C)n(C)nc2c1)c1ccnc(Cl)n1. The summed E-state index contributed by atoms with van der Waals surface area (Å²) >= 11 is 5.80. The minimum atomic E-state index is -2.42. The first-order chi connectivity index (χ1) is 10.8. The van der Waals surface area contributed by atoms with E-state index in [1.54, 1.807) is 16.8 Å². The largest absolute Gasteiger partial charge is 0.329 e. The van der Waals surface area contributed by atoms with Gasteiger partial charge >= 0.3 is 0 Å². The van der Waals surface area contributed by atoms with Crippen molar-refractivity contribution in [3.63, 3.8) is 0 Å². The average molecular weight is 292 g/mol. The van der Waals surface area contributed by atoms with E-state index >= 15 is 0 Å². The number of nitrogens with zero attached hydrogens (tertiary/aromatic N) is 5. The van der Waals surface area contributed by atoms with Gasteiger partial charge in [0.1, 0.15) is 5.82 Å². The molecule has 0 N–H and O–H groups in total. The summed E-state index contributed by atoms with van der Waals surface area (Å²) in [4.78, 5) is 8.95. The van der Waals surface area contributed by atoms with Crippen LogP contribution in [-0.4, -0.2) is 26.7 Å². The van der Waals surface area contributed by atoms with Gasteiger partial charge in [-0.05, 0) is 42.8 Å². The lowest BCUT2D eigenvalue weighted by atomic mass is 10.2. The van der Waals surface area contributed by atoms with Crippen molar-refractivity contribution in [1.82, 2.24) is 19.7 Å². The van der Waals surface area contributed by atoms with Crippen molar-refractivity contribution in [1.29, 1.82) is 0 Å². The number of aryl methyl sites for hydroxylation is 2. The predicted molar refractivity (Wildman–Crippen MR) is 80.6 cm³/mol. The molecule has 3 rings (SSSR count). The van der Waals surface area contributed by atoms with Crippen molar-refractivity contribution in [2.45, 2.75) is 6.92 Å². The molecule has 0 unspecified atom stereocenters. The van der Waals surface area contributed by atoms with Gasteiger partial charge in [0.2, 0.25) is 5.28 Å². The minimum absolute atomic E-state index is 0.00786. The molecule has 102 valence electrons. The van der Waals surface area contributed by atoms with E-state index in [2.05, 4.69) is 15.1 Å². The molecule has 5 nitrogen and oxygen atoms in total. The second kappa shape index (κ2) is 4.76. The Morgan fingerprint density at radius 1 is 1.35 bits per heavy atom. The number of hydrogen-bond donors (Lipinski definition) is 0. The first-order valence-electron chi connectivity index (χ1n) is 7.49. The summed E-state index contributed by atoms with van der Waals surface area (Å²) in [5, 5.41) is 5.36. The van der Waals surface area contributed by atoms with Crippen LogP contribution in [0.4, 0.5) is 11.5 Å². The third-order valence-corrected chi connectivity index (χ3v) is 3.40. The summed E-state index contributed by atoms with van der Waals surface area (Å²) in [6, 6.07) is 6.82. The van der Waals surface area contributed by atoms with Gasteiger partial charge in [-0.3, -0.25) is 4.68 Å². The number of benzene rings is 1. The van der Waals surface area contributed by atoms with Gasteiger partial charge in [0.25, 0.3) is 0 Å². The number of rotatable bonds is 2. The minimum Gasteiger partial charge on any atom is -0.329 e. The van der Waals surface area contributed by atoms with E-state index in [1.165, 1.54) is 12.3 Å². The van der Waals surface area contributed by atoms with Crippen LogP contribution in [0.1, 0.15) is 9.81 Å². The molecule has 0 atom stereocenters. The molecule has 0 aliphatic heterocycles. The lowest BCUT2D eigenvalue weighted by molar-refractivity contribution is 0.751. The maximum absolute atomic E-state index is 7.82. The Labute approximate surface area is 126 Å². The van der Waals surface area contributed by atoms with Gasteiger partial charge in [-0.1, -0.05) is 0 Å². The zero-order valence-corrected chi connectivity index (χ0v) is 11.8. The van der Waals surface area contributed by atoms with Gasteiger partial charge in [0, 0.05) is 41.1 Å². The molecule has 0 saturated carbocycles. The molecule has 20 heavy (non-hydrogen) atoms. The Morgan fingerprint density at radius 3 is 2.95 bits per heavy atom. The van der Waals surface area contributed by atoms with Crippen LogP contribution in [0.25, 0.3) is 10.9 Å². The Morgan fingerprint density at radius 2 is 2.20 bits per heavy atom. The van der Waals surface area contributed by atoms with Gasteiger partial charge in [0.05, 0.1) is 5.52 Å². The Hall–Kier alpha value is -2.14. The molecule has 0 amide bonds. The highest BCUT2D eigenvalue weighted by molar-refractivity contribution is 6.28. The summed E-state index contributed by atoms with van der Waals surface area (Å²) in [6.45, 7) is -0.462. The van der Waals surface area contributed by atoms with Gasteiger partial charge in [-0.15, -0.1) is 0 Å². The van der Waals surface area contributed by atoms with E-state index in [-0.39, 0.29) is 11.1 Å². The smallest absolute Gasteiger partial charge is 0.224 e. The Balaban J connectivity index is 2.17. The molecule has 0 radical (unpaired) electrons. The van der Waals surface area contributed by atoms with Crippen molar-refractivity contribution in [2.24, 2.45) is 7.05 Å². The van der Waals surface area contributed by atoms with Crippen molar-refractivity contribution < 1.29 is 4.11 Å². The third kappa shape index (κ3) is 2.10. The van der Waals surface area contributed by atoms with E-state index in [4.69, 9.17) is 15.7 Å². The van der Waals surface area contributed by atoms with Crippen LogP contribution < -0.4 is 4.90 Å². The molecule has 1 aromatic carbocycles. The molecule has 0 aliphatic rings. The Kier molecular flexibility index (Phi) is 2.31. The lowest BCUT2D eigenvalue weighted by Crippen LogP contribution is -2.11. The van der Waals surface area contributed by atoms with E-state index in [0.29, 0.717) is 5.69 Å². The lowest BCUT2D eigenvalue weighted by Gasteiger charge is -2.18. The first kappa shape index (κ1) is 9.72. The van der Waals surface area contributed by atoms with Crippen LogP contribution in [0.5, 0.6) is 0 Å². The topological polar surface area (TPSA) is 46.8 Å². The average Bonchev–Trinajstić information content (AvgIpc) is 2.72. The van der Waals surface area contributed by atoms with Crippen LogP contribution in [0, 0.1) is 6.92 Å². The molecular formula is C14H14ClN5. The third-order valence-electron chi connectivity index (χ3n) is 3.21. The Bertz CT molecular complexity index is 874. The highest BCUT2D eigenvalue weighted by atomic mass is 35.5. The van der Waals surface area contributed by atoms with Crippen LogP contribution in [0.3, 0.4) is 0 Å². The number of hydrogen-bond acceptors (Lipinski definition) is 4. The first-order valence-corrected chi connectivity index (χ1v) is 6.37. The number of halogens is 1. The van der Waals surface area contributed by atoms with Crippen LogP contribution in [0.2, 0.25) is 5.28 Å². The summed E-state index contributed by atoms with van der Waals surface area (Å²) in [7, 11) is 1.85. The zero-order chi connectivity index (χ0) is 16.8. The van der Waals surface area contributed by atoms with E-state index in [1.807, 2.05) is 20.0 Å². The standard InChI is InChI=1S/C14H14ClN5/c1-9-11-5-4-10(8-12(11)18-20(9)3)19(2)13-6-7-16-14(15)17-13/h4-8H,1-3H3/i2+1D3. The molecule has 0 aliphatic carbocycles. The van der Waals surface area contributed by atoms with Crippen molar-refractivity contribution in [3.05, 3.63) is 41.4 Å². The molecule has 0 spiro atoms. The van der Waals surface area contributed by atoms with Crippen LogP contribution in [0.15, 0.2) is 30.5 Å². The number of anilines is 2. The summed E-state index contributed by atoms with van der Waals surface area (Å²) in [6.07, 6.45) is 1.42. The molecule has 0 saturated heterocycles. The fourth-order valence-electron chi connectivity index (χ4n) is 2.04. The second-order valence-corrected chi connectivity index (χ2v) is 4.77. The molecular weight excluding hydrogens is 275 g/mol. The van der Waals surface area contributed by atoms with Crippen LogP contribution >= 0.6 is 11.6 Å². The molecule has 3 aromatic rings. The summed E-state index contributed by atoms with van der Waals surface area (Å²) in [5.74, 6) is 0.206. The summed E-state index contributed by atoms with van der Waals surface area (Å²) in [5.41, 5.74) is 2.19. The number of aromatic nitrogens is 4. The van der Waals surface area contributed by atoms with E-state index in [9.17, 15) is 0 Å². The molecule has 2 aromatic heterocycles. The van der Waals surface area contributed by atoms with Gasteiger partial charge in [-0.25, -0.2) is 9.97 Å². The van der Waals surface area contributed by atoms with Gasteiger partial charge in [-0.2, -0.15) is 5.10 Å². The highest BCUT2D eigenvalue weighted by Gasteiger charge is 2.10. The number of fused-ring (bicyclic) bond motifs is 1. The maximum Gasteiger partial charge on any atom is 0.224 e. The molecule has 0 bridgehead atoms. The fourth-order valence-corrected chi connectivity index (χ4v) is 2.18. The summed E-state index contributed by atoms with van der Waals surface area (Å²) < 4.78 is 25.2. The van der Waals surface area contributed by atoms with Crippen molar-refractivity contribution in [3.8, 4) is 0 Å². The maximum atomic E-state index is 7.82. The van der Waals surface area contributed by atoms with Crippen molar-refractivity contribution >= 4 is 34.0 Å². The van der Waals surface area contributed by atoms with E-state index < -0.39 is 6.98 Å². The fraction of sp³-hybridized carbons (Fsp3) is 0.214. The quantitative estimate of drug-likeness (QED) is 0.538. The second-order valence-electron chi connectivity index (χ2n) is 4.43. The normalized spacial score (nSPS) is 13.8. The predicted octanol–water partition coefficient (Wildman–Crippen LogP) is 3.09. The molecule has 2 heterocycles. The van der Waals surface area contributed by atoms with E-state index in [0.717, 1.165) is 21.5 Å².